The number of hydrogen-bond acceptors (Lipinski definition) is 3. The SMILES string of the molecule is CCc1cccc(OCC(NC)c2ccc(OC)cc2)c1. The molecule has 1 N–H and O–H groups in total. The van der Waals surface area contributed by atoms with Crippen molar-refractivity contribution in [2.45, 2.75) is 19.4 Å². The molecule has 0 saturated heterocycles. The van der Waals surface area contributed by atoms with Gasteiger partial charge >= 0.3 is 0 Å². The van der Waals surface area contributed by atoms with Crippen molar-refractivity contribution in [2.24, 2.45) is 0 Å². The predicted molar refractivity (Wildman–Crippen MR) is 86.1 cm³/mol. The summed E-state index contributed by atoms with van der Waals surface area (Å²) < 4.78 is 11.1. The zero-order valence-corrected chi connectivity index (χ0v) is 12.9. The van der Waals surface area contributed by atoms with E-state index in [2.05, 4.69) is 36.5 Å². The molecule has 2 aromatic carbocycles. The molecule has 0 bridgehead atoms. The molecule has 0 radical (unpaired) electrons. The quantitative estimate of drug-likeness (QED) is 0.843. The van der Waals surface area contributed by atoms with Crippen LogP contribution in [-0.2, 0) is 6.42 Å². The summed E-state index contributed by atoms with van der Waals surface area (Å²) in [5, 5.41) is 3.29. The van der Waals surface area contributed by atoms with E-state index in [-0.39, 0.29) is 6.04 Å². The molecule has 0 aliphatic heterocycles. The summed E-state index contributed by atoms with van der Waals surface area (Å²) in [5.41, 5.74) is 2.47. The molecule has 3 nitrogen and oxygen atoms in total. The van der Waals surface area contributed by atoms with E-state index in [1.54, 1.807) is 7.11 Å². The second-order valence-corrected chi connectivity index (χ2v) is 4.93. The second-order valence-electron chi connectivity index (χ2n) is 4.93. The van der Waals surface area contributed by atoms with Crippen LogP contribution in [0.3, 0.4) is 0 Å². The Morgan fingerprint density at radius 3 is 2.43 bits per heavy atom. The van der Waals surface area contributed by atoms with Gasteiger partial charge in [-0.3, -0.25) is 0 Å². The molecule has 0 spiro atoms. The first kappa shape index (κ1) is 15.4. The minimum absolute atomic E-state index is 0.154. The van der Waals surface area contributed by atoms with Gasteiger partial charge in [0.15, 0.2) is 0 Å². The Balaban J connectivity index is 2.01. The molecule has 2 rings (SSSR count). The zero-order valence-electron chi connectivity index (χ0n) is 12.9. The molecule has 0 aliphatic rings. The van der Waals surface area contributed by atoms with E-state index in [4.69, 9.17) is 9.47 Å². The summed E-state index contributed by atoms with van der Waals surface area (Å²) >= 11 is 0. The minimum atomic E-state index is 0.154. The van der Waals surface area contributed by atoms with Crippen molar-refractivity contribution >= 4 is 0 Å². The smallest absolute Gasteiger partial charge is 0.119 e. The first-order chi connectivity index (χ1) is 10.3. The van der Waals surface area contributed by atoms with E-state index in [0.29, 0.717) is 6.61 Å². The van der Waals surface area contributed by atoms with E-state index >= 15 is 0 Å². The molecule has 0 aliphatic carbocycles. The monoisotopic (exact) mass is 285 g/mol. The average molecular weight is 285 g/mol. The van der Waals surface area contributed by atoms with Crippen LogP contribution in [0.1, 0.15) is 24.1 Å². The van der Waals surface area contributed by atoms with Gasteiger partial charge in [-0.05, 0) is 48.9 Å². The highest BCUT2D eigenvalue weighted by atomic mass is 16.5. The number of rotatable bonds is 7. The second kappa shape index (κ2) is 7.70. The minimum Gasteiger partial charge on any atom is -0.497 e. The van der Waals surface area contributed by atoms with Crippen molar-refractivity contribution in [1.82, 2.24) is 5.32 Å². The summed E-state index contributed by atoms with van der Waals surface area (Å²) in [5.74, 6) is 1.79. The maximum atomic E-state index is 5.92. The van der Waals surface area contributed by atoms with Crippen molar-refractivity contribution in [1.29, 1.82) is 0 Å². The number of benzene rings is 2. The summed E-state index contributed by atoms with van der Waals surface area (Å²) in [7, 11) is 3.62. The lowest BCUT2D eigenvalue weighted by Crippen LogP contribution is -2.23. The molecule has 0 amide bonds. The molecule has 1 unspecified atom stereocenters. The van der Waals surface area contributed by atoms with Gasteiger partial charge < -0.3 is 14.8 Å². The Labute approximate surface area is 126 Å². The highest BCUT2D eigenvalue weighted by molar-refractivity contribution is 5.30. The fourth-order valence-corrected chi connectivity index (χ4v) is 2.22. The van der Waals surface area contributed by atoms with Crippen molar-refractivity contribution in [3.8, 4) is 11.5 Å². The Kier molecular flexibility index (Phi) is 5.64. The lowest BCUT2D eigenvalue weighted by molar-refractivity contribution is 0.273. The number of likely N-dealkylation sites (N-methyl/N-ethyl adjacent to an activating group) is 1. The summed E-state index contributed by atoms with van der Waals surface area (Å²) in [6, 6.07) is 16.5. The van der Waals surface area contributed by atoms with Gasteiger partial charge in [0.1, 0.15) is 18.1 Å². The Bertz CT molecular complexity index is 551. The van der Waals surface area contributed by atoms with Gasteiger partial charge in [0.25, 0.3) is 0 Å². The van der Waals surface area contributed by atoms with Crippen molar-refractivity contribution in [2.75, 3.05) is 20.8 Å². The van der Waals surface area contributed by atoms with Gasteiger partial charge in [-0.2, -0.15) is 0 Å². The summed E-state index contributed by atoms with van der Waals surface area (Å²) in [6.07, 6.45) is 1.02. The molecule has 3 heteroatoms. The van der Waals surface area contributed by atoms with E-state index in [9.17, 15) is 0 Å². The maximum absolute atomic E-state index is 5.92. The van der Waals surface area contributed by atoms with Gasteiger partial charge in [0, 0.05) is 0 Å². The van der Waals surface area contributed by atoms with Crippen LogP contribution >= 0.6 is 0 Å². The normalized spacial score (nSPS) is 12.0. The van der Waals surface area contributed by atoms with Crippen LogP contribution in [0.25, 0.3) is 0 Å². The molecule has 0 heterocycles. The van der Waals surface area contributed by atoms with Crippen LogP contribution < -0.4 is 14.8 Å². The predicted octanol–water partition coefficient (Wildman–Crippen LogP) is 3.60. The molecule has 1 atom stereocenters. The Morgan fingerprint density at radius 1 is 1.05 bits per heavy atom. The van der Waals surface area contributed by atoms with Crippen LogP contribution in [0.15, 0.2) is 48.5 Å². The average Bonchev–Trinajstić information content (AvgIpc) is 2.56. The highest BCUT2D eigenvalue weighted by Crippen LogP contribution is 2.20. The number of ether oxygens (including phenoxy) is 2. The zero-order chi connectivity index (χ0) is 15.1. The summed E-state index contributed by atoms with van der Waals surface area (Å²) in [6.45, 7) is 2.74. The van der Waals surface area contributed by atoms with Gasteiger partial charge in [0.2, 0.25) is 0 Å². The van der Waals surface area contributed by atoms with Crippen molar-refractivity contribution in [3.63, 3.8) is 0 Å². The third-order valence-electron chi connectivity index (χ3n) is 3.59. The van der Waals surface area contributed by atoms with Gasteiger partial charge in [-0.15, -0.1) is 0 Å². The molecule has 0 fully saturated rings. The Morgan fingerprint density at radius 2 is 1.81 bits per heavy atom. The molecule has 2 aromatic rings. The van der Waals surface area contributed by atoms with Crippen molar-refractivity contribution in [3.05, 3.63) is 59.7 Å². The van der Waals surface area contributed by atoms with Crippen LogP contribution in [0.2, 0.25) is 0 Å². The first-order valence-electron chi connectivity index (χ1n) is 7.29. The fraction of sp³-hybridized carbons (Fsp3) is 0.333. The summed E-state index contributed by atoms with van der Waals surface area (Å²) in [4.78, 5) is 0. The van der Waals surface area contributed by atoms with E-state index < -0.39 is 0 Å². The third kappa shape index (κ3) is 4.23. The van der Waals surface area contributed by atoms with Crippen molar-refractivity contribution < 1.29 is 9.47 Å². The molecule has 0 aromatic heterocycles. The van der Waals surface area contributed by atoms with E-state index in [1.165, 1.54) is 11.1 Å². The molecule has 112 valence electrons. The van der Waals surface area contributed by atoms with Gasteiger partial charge in [-0.25, -0.2) is 0 Å². The largest absolute Gasteiger partial charge is 0.497 e. The Hall–Kier alpha value is -2.00. The first-order valence-corrected chi connectivity index (χ1v) is 7.29. The topological polar surface area (TPSA) is 30.5 Å². The van der Waals surface area contributed by atoms with E-state index in [1.807, 2.05) is 31.3 Å². The lowest BCUT2D eigenvalue weighted by atomic mass is 10.1. The van der Waals surface area contributed by atoms with Gasteiger partial charge in [-0.1, -0.05) is 31.2 Å². The third-order valence-corrected chi connectivity index (χ3v) is 3.59. The van der Waals surface area contributed by atoms with Crippen LogP contribution in [0, 0.1) is 0 Å². The van der Waals surface area contributed by atoms with Crippen LogP contribution in [-0.4, -0.2) is 20.8 Å². The maximum Gasteiger partial charge on any atom is 0.119 e. The van der Waals surface area contributed by atoms with E-state index in [0.717, 1.165) is 17.9 Å². The fourth-order valence-electron chi connectivity index (χ4n) is 2.22. The standard InChI is InChI=1S/C18H23NO2/c1-4-14-6-5-7-17(12-14)21-13-18(19-2)15-8-10-16(20-3)11-9-15/h5-12,18-19H,4,13H2,1-3H3. The molecule has 0 saturated carbocycles. The highest BCUT2D eigenvalue weighted by Gasteiger charge is 2.10. The number of methoxy groups -OCH3 is 1. The number of aryl methyl sites for hydroxylation is 1. The lowest BCUT2D eigenvalue weighted by Gasteiger charge is -2.18. The molecule has 21 heavy (non-hydrogen) atoms. The molecular formula is C18H23NO2. The number of nitrogens with one attached hydrogen (secondary N) is 1. The van der Waals surface area contributed by atoms with Gasteiger partial charge in [0.05, 0.1) is 13.2 Å². The van der Waals surface area contributed by atoms with Crippen LogP contribution in [0.4, 0.5) is 0 Å². The number of hydrogen-bond donors (Lipinski definition) is 1. The van der Waals surface area contributed by atoms with Crippen LogP contribution in [0.5, 0.6) is 11.5 Å². The molecular weight excluding hydrogens is 262 g/mol.